The van der Waals surface area contributed by atoms with Gasteiger partial charge in [0.2, 0.25) is 0 Å². The molecule has 1 unspecified atom stereocenters. The van der Waals surface area contributed by atoms with Crippen LogP contribution in [0, 0.1) is 0 Å². The SMILES string of the molecule is [N-]=[N+]=NC[C@H]1OO[C@@H](CO)C1O. The highest BCUT2D eigenvalue weighted by Crippen LogP contribution is 2.17. The maximum Gasteiger partial charge on any atom is 0.144 e. The molecule has 0 aromatic carbocycles. The molecule has 2 N–H and O–H groups in total. The van der Waals surface area contributed by atoms with Gasteiger partial charge in [-0.3, -0.25) is 0 Å². The second kappa shape index (κ2) is 4.24. The van der Waals surface area contributed by atoms with Crippen molar-refractivity contribution in [3.05, 3.63) is 10.4 Å². The zero-order valence-corrected chi connectivity index (χ0v) is 6.20. The molecule has 0 spiro atoms. The van der Waals surface area contributed by atoms with Crippen molar-refractivity contribution < 1.29 is 20.0 Å². The van der Waals surface area contributed by atoms with Crippen LogP contribution in [-0.4, -0.2) is 41.7 Å². The molecule has 3 atom stereocenters. The molecule has 0 saturated carbocycles. The van der Waals surface area contributed by atoms with Crippen LogP contribution in [0.5, 0.6) is 0 Å². The third-order valence-corrected chi connectivity index (χ3v) is 1.57. The fourth-order valence-corrected chi connectivity index (χ4v) is 0.890. The van der Waals surface area contributed by atoms with Crippen LogP contribution in [0.25, 0.3) is 10.4 Å². The van der Waals surface area contributed by atoms with Gasteiger partial charge in [-0.05, 0) is 5.53 Å². The summed E-state index contributed by atoms with van der Waals surface area (Å²) >= 11 is 0. The average Bonchev–Trinajstić information content (AvgIpc) is 2.43. The lowest BCUT2D eigenvalue weighted by atomic mass is 10.1. The summed E-state index contributed by atoms with van der Waals surface area (Å²) in [4.78, 5) is 11.6. The van der Waals surface area contributed by atoms with Crippen molar-refractivity contribution in [1.82, 2.24) is 0 Å². The van der Waals surface area contributed by atoms with Crippen molar-refractivity contribution in [1.29, 1.82) is 0 Å². The van der Waals surface area contributed by atoms with E-state index in [1.807, 2.05) is 0 Å². The molecule has 12 heavy (non-hydrogen) atoms. The Morgan fingerprint density at radius 3 is 2.58 bits per heavy atom. The highest BCUT2D eigenvalue weighted by atomic mass is 17.2. The first-order valence-corrected chi connectivity index (χ1v) is 3.41. The quantitative estimate of drug-likeness (QED) is 0.257. The smallest absolute Gasteiger partial charge is 0.144 e. The molecule has 7 heteroatoms. The molecule has 0 aliphatic carbocycles. The first-order chi connectivity index (χ1) is 5.79. The Balaban J connectivity index is 2.42. The number of rotatable bonds is 3. The molecular weight excluding hydrogens is 166 g/mol. The number of nitrogens with zero attached hydrogens (tertiary/aromatic N) is 3. The Labute approximate surface area is 68.1 Å². The minimum atomic E-state index is -0.944. The first-order valence-electron chi connectivity index (χ1n) is 3.41. The molecule has 1 aliphatic rings. The van der Waals surface area contributed by atoms with E-state index in [2.05, 4.69) is 19.8 Å². The number of aliphatic hydroxyl groups is 2. The summed E-state index contributed by atoms with van der Waals surface area (Å²) in [5.41, 5.74) is 7.97. The molecule has 1 saturated heterocycles. The molecule has 0 aromatic heterocycles. The largest absolute Gasteiger partial charge is 0.393 e. The van der Waals surface area contributed by atoms with E-state index in [1.54, 1.807) is 0 Å². The topological polar surface area (TPSA) is 108 Å². The van der Waals surface area contributed by atoms with Crippen molar-refractivity contribution in [2.75, 3.05) is 13.2 Å². The van der Waals surface area contributed by atoms with Crippen molar-refractivity contribution in [2.24, 2.45) is 5.11 Å². The molecule has 1 aliphatic heterocycles. The monoisotopic (exact) mass is 175 g/mol. The van der Waals surface area contributed by atoms with Crippen LogP contribution < -0.4 is 0 Å². The normalized spacial score (nSPS) is 34.7. The van der Waals surface area contributed by atoms with Gasteiger partial charge in [0.1, 0.15) is 18.3 Å². The van der Waals surface area contributed by atoms with E-state index >= 15 is 0 Å². The van der Waals surface area contributed by atoms with E-state index in [9.17, 15) is 5.11 Å². The van der Waals surface area contributed by atoms with Crippen LogP contribution in [0.1, 0.15) is 0 Å². The Kier molecular flexibility index (Phi) is 3.27. The summed E-state index contributed by atoms with van der Waals surface area (Å²) in [6.45, 7) is -0.331. The summed E-state index contributed by atoms with van der Waals surface area (Å²) in [5.74, 6) is 0. The Hall–Kier alpha value is -0.850. The molecule has 68 valence electrons. The van der Waals surface area contributed by atoms with Gasteiger partial charge in [0.25, 0.3) is 0 Å². The minimum Gasteiger partial charge on any atom is -0.393 e. The van der Waals surface area contributed by atoms with Gasteiger partial charge in [0, 0.05) is 4.91 Å². The van der Waals surface area contributed by atoms with Gasteiger partial charge in [-0.15, -0.1) is 0 Å². The number of azide groups is 1. The van der Waals surface area contributed by atoms with E-state index in [4.69, 9.17) is 10.6 Å². The molecule has 0 bridgehead atoms. The van der Waals surface area contributed by atoms with E-state index < -0.39 is 18.3 Å². The highest BCUT2D eigenvalue weighted by Gasteiger charge is 2.36. The van der Waals surface area contributed by atoms with Gasteiger partial charge < -0.3 is 10.2 Å². The fourth-order valence-electron chi connectivity index (χ4n) is 0.890. The molecule has 1 fully saturated rings. The zero-order chi connectivity index (χ0) is 8.97. The Morgan fingerprint density at radius 1 is 1.42 bits per heavy atom. The Bertz CT molecular complexity index is 193. The third-order valence-electron chi connectivity index (χ3n) is 1.57. The van der Waals surface area contributed by atoms with Gasteiger partial charge in [0.15, 0.2) is 0 Å². The standard InChI is InChI=1S/C5H9N3O4/c6-8-7-1-3-5(10)4(2-9)12-11-3/h3-5,9-10H,1-2H2/t3-,4+,5?/m1/s1. The van der Waals surface area contributed by atoms with Crippen molar-refractivity contribution in [2.45, 2.75) is 18.3 Å². The summed E-state index contributed by atoms with van der Waals surface area (Å²) in [6.07, 6.45) is -2.37. The first kappa shape index (κ1) is 9.24. The van der Waals surface area contributed by atoms with Crippen LogP contribution in [0.3, 0.4) is 0 Å². The van der Waals surface area contributed by atoms with E-state index in [1.165, 1.54) is 0 Å². The van der Waals surface area contributed by atoms with Crippen LogP contribution in [0.15, 0.2) is 5.11 Å². The van der Waals surface area contributed by atoms with E-state index in [-0.39, 0.29) is 13.2 Å². The molecule has 7 nitrogen and oxygen atoms in total. The van der Waals surface area contributed by atoms with Crippen molar-refractivity contribution in [3.63, 3.8) is 0 Å². The van der Waals surface area contributed by atoms with Gasteiger partial charge in [-0.1, -0.05) is 5.11 Å². The zero-order valence-electron chi connectivity index (χ0n) is 6.20. The molecule has 0 aromatic rings. The molecular formula is C5H9N3O4. The molecule has 0 amide bonds. The van der Waals surface area contributed by atoms with Crippen LogP contribution in [-0.2, 0) is 9.78 Å². The van der Waals surface area contributed by atoms with E-state index in [0.717, 1.165) is 0 Å². The lowest BCUT2D eigenvalue weighted by Gasteiger charge is -2.09. The van der Waals surface area contributed by atoms with Crippen molar-refractivity contribution >= 4 is 0 Å². The highest BCUT2D eigenvalue weighted by molar-refractivity contribution is 4.81. The number of hydrogen-bond donors (Lipinski definition) is 2. The lowest BCUT2D eigenvalue weighted by molar-refractivity contribution is -0.298. The van der Waals surface area contributed by atoms with Gasteiger partial charge >= 0.3 is 0 Å². The average molecular weight is 175 g/mol. The predicted octanol–water partition coefficient (Wildman–Crippen LogP) is -0.651. The second-order valence-electron chi connectivity index (χ2n) is 2.36. The summed E-state index contributed by atoms with van der Waals surface area (Å²) in [7, 11) is 0. The van der Waals surface area contributed by atoms with Crippen LogP contribution in [0.4, 0.5) is 0 Å². The van der Waals surface area contributed by atoms with Gasteiger partial charge in [-0.25, -0.2) is 9.78 Å². The van der Waals surface area contributed by atoms with Gasteiger partial charge in [-0.2, -0.15) is 0 Å². The summed E-state index contributed by atoms with van der Waals surface area (Å²) < 4.78 is 0. The Morgan fingerprint density at radius 2 is 2.08 bits per heavy atom. The maximum atomic E-state index is 9.28. The number of aliphatic hydroxyl groups excluding tert-OH is 2. The van der Waals surface area contributed by atoms with Crippen LogP contribution in [0.2, 0.25) is 0 Å². The van der Waals surface area contributed by atoms with E-state index in [0.29, 0.717) is 0 Å². The maximum absolute atomic E-state index is 9.28. The summed E-state index contributed by atoms with van der Waals surface area (Å²) in [5, 5.41) is 21.1. The molecule has 1 heterocycles. The number of hydrogen-bond acceptors (Lipinski definition) is 5. The molecule has 1 rings (SSSR count). The predicted molar refractivity (Wildman–Crippen MR) is 36.9 cm³/mol. The summed E-state index contributed by atoms with van der Waals surface area (Å²) in [6, 6.07) is 0. The van der Waals surface area contributed by atoms with Crippen molar-refractivity contribution in [3.8, 4) is 0 Å². The second-order valence-corrected chi connectivity index (χ2v) is 2.36. The lowest BCUT2D eigenvalue weighted by Crippen LogP contribution is -2.33. The minimum absolute atomic E-state index is 0.00579. The van der Waals surface area contributed by atoms with Gasteiger partial charge in [0.05, 0.1) is 13.2 Å². The fraction of sp³-hybridized carbons (Fsp3) is 1.00. The van der Waals surface area contributed by atoms with Crippen LogP contribution >= 0.6 is 0 Å². The molecule has 0 radical (unpaired) electrons. The third kappa shape index (κ3) is 1.84.